The van der Waals surface area contributed by atoms with Crippen molar-refractivity contribution in [1.29, 1.82) is 0 Å². The quantitative estimate of drug-likeness (QED) is 0.638. The Hall–Kier alpha value is 0.0700. The van der Waals surface area contributed by atoms with Gasteiger partial charge in [0.25, 0.3) is 0 Å². The molecule has 0 rings (SSSR count). The summed E-state index contributed by atoms with van der Waals surface area (Å²) in [6.07, 6.45) is 1.88. The Labute approximate surface area is 98.4 Å². The van der Waals surface area contributed by atoms with E-state index in [1.54, 1.807) is 0 Å². The lowest BCUT2D eigenvalue weighted by Crippen LogP contribution is -2.18. The van der Waals surface area contributed by atoms with Crippen molar-refractivity contribution in [2.75, 3.05) is 33.9 Å². The smallest absolute Gasteiger partial charge is 0.307 e. The molecular weight excluding hydrogens is 229 g/mol. The van der Waals surface area contributed by atoms with Crippen molar-refractivity contribution in [2.24, 2.45) is 5.92 Å². The van der Waals surface area contributed by atoms with Gasteiger partial charge in [-0.2, -0.15) is 0 Å². The lowest BCUT2D eigenvalue weighted by Gasteiger charge is -2.17. The minimum absolute atomic E-state index is 0.198. The van der Waals surface area contributed by atoms with E-state index in [9.17, 15) is 9.46 Å². The van der Waals surface area contributed by atoms with Crippen LogP contribution in [0.5, 0.6) is 0 Å². The summed E-state index contributed by atoms with van der Waals surface area (Å²) in [7, 11) is -0.112. The highest BCUT2D eigenvalue weighted by atomic mass is 31.2. The van der Waals surface area contributed by atoms with Crippen molar-refractivity contribution in [1.82, 2.24) is 4.90 Å². The summed E-state index contributed by atoms with van der Waals surface area (Å²) in [5.74, 6) is 0.318. The Morgan fingerprint density at radius 2 is 1.81 bits per heavy atom. The van der Waals surface area contributed by atoms with E-state index < -0.39 is 7.82 Å². The van der Waals surface area contributed by atoms with E-state index in [4.69, 9.17) is 9.05 Å². The molecule has 0 saturated carbocycles. The zero-order valence-electron chi connectivity index (χ0n) is 10.7. The van der Waals surface area contributed by atoms with Crippen LogP contribution in [0.1, 0.15) is 26.7 Å². The highest BCUT2D eigenvalue weighted by Gasteiger charge is 2.22. The largest absolute Gasteiger partial charge is 0.472 e. The van der Waals surface area contributed by atoms with Crippen LogP contribution in [0.15, 0.2) is 0 Å². The SMILES string of the molecule is CCC(CC)COP(=O)(O)OCCN(C)C. The van der Waals surface area contributed by atoms with Gasteiger partial charge in [-0.3, -0.25) is 9.05 Å². The lowest BCUT2D eigenvalue weighted by atomic mass is 10.1. The third-order valence-electron chi connectivity index (χ3n) is 2.42. The van der Waals surface area contributed by atoms with Crippen LogP contribution >= 0.6 is 7.82 Å². The fourth-order valence-electron chi connectivity index (χ4n) is 1.10. The molecule has 0 bridgehead atoms. The van der Waals surface area contributed by atoms with Gasteiger partial charge in [0, 0.05) is 6.54 Å². The van der Waals surface area contributed by atoms with Gasteiger partial charge in [-0.15, -0.1) is 0 Å². The molecule has 1 atom stereocenters. The molecule has 1 N–H and O–H groups in total. The Bertz CT molecular complexity index is 219. The summed E-state index contributed by atoms with van der Waals surface area (Å²) in [4.78, 5) is 11.2. The van der Waals surface area contributed by atoms with Crippen LogP contribution < -0.4 is 0 Å². The first kappa shape index (κ1) is 16.1. The monoisotopic (exact) mass is 253 g/mol. The van der Waals surface area contributed by atoms with E-state index in [0.29, 0.717) is 12.5 Å². The molecule has 0 aromatic heterocycles. The van der Waals surface area contributed by atoms with E-state index in [1.165, 1.54) is 0 Å². The predicted octanol–water partition coefficient (Wildman–Crippen LogP) is 2.12. The summed E-state index contributed by atoms with van der Waals surface area (Å²) in [6, 6.07) is 0. The molecule has 0 aliphatic rings. The van der Waals surface area contributed by atoms with Crippen molar-refractivity contribution >= 4 is 7.82 Å². The van der Waals surface area contributed by atoms with Gasteiger partial charge in [-0.05, 0) is 20.0 Å². The average molecular weight is 253 g/mol. The third-order valence-corrected chi connectivity index (χ3v) is 3.41. The van der Waals surface area contributed by atoms with Gasteiger partial charge >= 0.3 is 7.82 Å². The second-order valence-electron chi connectivity index (χ2n) is 4.08. The minimum atomic E-state index is -3.86. The fourth-order valence-corrected chi connectivity index (χ4v) is 1.89. The zero-order valence-corrected chi connectivity index (χ0v) is 11.6. The maximum atomic E-state index is 11.4. The summed E-state index contributed by atoms with van der Waals surface area (Å²) in [5, 5.41) is 0. The number of hydrogen-bond acceptors (Lipinski definition) is 4. The molecule has 0 aliphatic heterocycles. The molecule has 1 unspecified atom stereocenters. The summed E-state index contributed by atoms with van der Waals surface area (Å²) >= 11 is 0. The highest BCUT2D eigenvalue weighted by molar-refractivity contribution is 7.47. The van der Waals surface area contributed by atoms with Gasteiger partial charge in [0.15, 0.2) is 0 Å². The summed E-state index contributed by atoms with van der Waals surface area (Å²) in [5.41, 5.74) is 0. The maximum absolute atomic E-state index is 11.4. The molecule has 6 heteroatoms. The van der Waals surface area contributed by atoms with Gasteiger partial charge in [0.1, 0.15) is 0 Å². The molecule has 0 aliphatic carbocycles. The topological polar surface area (TPSA) is 59.0 Å². The van der Waals surface area contributed by atoms with Crippen LogP contribution in [0.3, 0.4) is 0 Å². The molecule has 0 radical (unpaired) electrons. The normalized spacial score (nSPS) is 15.7. The van der Waals surface area contributed by atoms with Crippen LogP contribution in [0.2, 0.25) is 0 Å². The number of rotatable bonds is 9. The first-order valence-corrected chi connectivity index (χ1v) is 7.17. The highest BCUT2D eigenvalue weighted by Crippen LogP contribution is 2.43. The number of hydrogen-bond donors (Lipinski definition) is 1. The van der Waals surface area contributed by atoms with E-state index in [2.05, 4.69) is 0 Å². The van der Waals surface area contributed by atoms with Gasteiger partial charge in [0.2, 0.25) is 0 Å². The van der Waals surface area contributed by atoms with Gasteiger partial charge in [0.05, 0.1) is 13.2 Å². The molecule has 0 aromatic rings. The van der Waals surface area contributed by atoms with E-state index in [0.717, 1.165) is 12.8 Å². The van der Waals surface area contributed by atoms with Crippen LogP contribution in [0.25, 0.3) is 0 Å². The van der Waals surface area contributed by atoms with Gasteiger partial charge in [-0.1, -0.05) is 26.7 Å². The zero-order chi connectivity index (χ0) is 12.6. The van der Waals surface area contributed by atoms with Crippen molar-refractivity contribution in [2.45, 2.75) is 26.7 Å². The number of phosphoric ester groups is 1. The summed E-state index contributed by atoms with van der Waals surface area (Å²) in [6.45, 7) is 5.14. The lowest BCUT2D eigenvalue weighted by molar-refractivity contribution is 0.122. The summed E-state index contributed by atoms with van der Waals surface area (Å²) < 4.78 is 21.2. The van der Waals surface area contributed by atoms with Crippen molar-refractivity contribution in [3.8, 4) is 0 Å². The molecule has 0 fully saturated rings. The molecular formula is C10H24NO4P. The molecule has 5 nitrogen and oxygen atoms in total. The van der Waals surface area contributed by atoms with Crippen molar-refractivity contribution in [3.63, 3.8) is 0 Å². The van der Waals surface area contributed by atoms with Crippen LogP contribution in [-0.4, -0.2) is 43.6 Å². The molecule has 0 spiro atoms. The predicted molar refractivity (Wildman–Crippen MR) is 64.4 cm³/mol. The van der Waals surface area contributed by atoms with Crippen LogP contribution in [0, 0.1) is 5.92 Å². The second kappa shape index (κ2) is 8.20. The molecule has 0 aromatic carbocycles. The fraction of sp³-hybridized carbons (Fsp3) is 1.00. The van der Waals surface area contributed by atoms with Crippen LogP contribution in [-0.2, 0) is 13.6 Å². The second-order valence-corrected chi connectivity index (χ2v) is 5.54. The Morgan fingerprint density at radius 3 is 2.25 bits per heavy atom. The first-order chi connectivity index (χ1) is 7.41. The van der Waals surface area contributed by atoms with Crippen LogP contribution in [0.4, 0.5) is 0 Å². The number of nitrogens with zero attached hydrogens (tertiary/aromatic N) is 1. The Kier molecular flexibility index (Phi) is 8.24. The van der Waals surface area contributed by atoms with Crippen molar-refractivity contribution < 1.29 is 18.5 Å². The Balaban J connectivity index is 3.81. The van der Waals surface area contributed by atoms with Gasteiger partial charge < -0.3 is 9.79 Å². The Morgan fingerprint density at radius 1 is 1.25 bits per heavy atom. The van der Waals surface area contributed by atoms with E-state index >= 15 is 0 Å². The van der Waals surface area contributed by atoms with Gasteiger partial charge in [-0.25, -0.2) is 4.57 Å². The first-order valence-electron chi connectivity index (χ1n) is 5.67. The molecule has 16 heavy (non-hydrogen) atoms. The van der Waals surface area contributed by atoms with E-state index in [1.807, 2.05) is 32.8 Å². The molecule has 0 amide bonds. The minimum Gasteiger partial charge on any atom is -0.307 e. The standard InChI is InChI=1S/C10H24NO4P/c1-5-10(6-2)9-15-16(12,13)14-8-7-11(3)4/h10H,5-9H2,1-4H3,(H,12,13). The van der Waals surface area contributed by atoms with E-state index in [-0.39, 0.29) is 13.2 Å². The molecule has 0 heterocycles. The molecule has 0 saturated heterocycles. The maximum Gasteiger partial charge on any atom is 0.472 e. The molecule has 98 valence electrons. The third kappa shape index (κ3) is 8.25. The average Bonchev–Trinajstić information content (AvgIpc) is 2.18. The number of phosphoric acid groups is 1. The van der Waals surface area contributed by atoms with Crippen molar-refractivity contribution in [3.05, 3.63) is 0 Å². The number of likely N-dealkylation sites (N-methyl/N-ethyl adjacent to an activating group) is 1.